The molecule has 0 radical (unpaired) electrons. The molecule has 2 nitrogen and oxygen atoms in total. The van der Waals surface area contributed by atoms with Gasteiger partial charge in [-0.2, -0.15) is 0 Å². The summed E-state index contributed by atoms with van der Waals surface area (Å²) in [7, 11) is 0. The molecule has 1 heterocycles. The molecule has 0 aliphatic heterocycles. The van der Waals surface area contributed by atoms with Crippen LogP contribution < -0.4 is 4.90 Å². The maximum Gasteiger partial charge on any atom is 0.0543 e. The second-order valence-corrected chi connectivity index (χ2v) is 27.1. The van der Waals surface area contributed by atoms with Crippen LogP contribution in [0.2, 0.25) is 0 Å². The molecular formula is C80H74N2. The summed E-state index contributed by atoms with van der Waals surface area (Å²) in [5.41, 5.74) is 21.8. The molecule has 0 unspecified atom stereocenters. The molecule has 0 spiro atoms. The van der Waals surface area contributed by atoms with Crippen molar-refractivity contribution in [3.8, 4) is 50.2 Å². The van der Waals surface area contributed by atoms with Gasteiger partial charge in [-0.05, 0) is 159 Å². The molecule has 0 N–H and O–H groups in total. The highest BCUT2D eigenvalue weighted by molar-refractivity contribution is 6.28. The summed E-state index contributed by atoms with van der Waals surface area (Å²) >= 11 is 0. The van der Waals surface area contributed by atoms with Crippen LogP contribution in [0.3, 0.4) is 0 Å². The van der Waals surface area contributed by atoms with Crippen LogP contribution in [0, 0.1) is 0 Å². The van der Waals surface area contributed by atoms with E-state index in [1.807, 2.05) is 0 Å². The maximum atomic E-state index is 2.57. The third-order valence-electron chi connectivity index (χ3n) is 17.4. The number of fused-ring (bicyclic) bond motifs is 3. The summed E-state index contributed by atoms with van der Waals surface area (Å²) < 4.78 is 2.54. The third-order valence-corrected chi connectivity index (χ3v) is 17.4. The van der Waals surface area contributed by atoms with Crippen LogP contribution in [-0.4, -0.2) is 4.57 Å². The number of nitrogens with zero attached hydrogens (tertiary/aromatic N) is 2. The summed E-state index contributed by atoms with van der Waals surface area (Å²) in [6.45, 7) is 27.8. The van der Waals surface area contributed by atoms with Crippen molar-refractivity contribution in [1.82, 2.24) is 4.57 Å². The second kappa shape index (κ2) is 19.5. The van der Waals surface area contributed by atoms with Gasteiger partial charge < -0.3 is 9.47 Å². The molecule has 1 aromatic heterocycles. The molecule has 0 amide bonds. The first-order valence-corrected chi connectivity index (χ1v) is 29.4. The van der Waals surface area contributed by atoms with E-state index in [2.05, 4.69) is 323 Å². The van der Waals surface area contributed by atoms with Gasteiger partial charge >= 0.3 is 0 Å². The minimum atomic E-state index is -0.119. The van der Waals surface area contributed by atoms with Gasteiger partial charge in [0.1, 0.15) is 0 Å². The second-order valence-electron chi connectivity index (χ2n) is 27.1. The lowest BCUT2D eigenvalue weighted by atomic mass is 9.84. The molecule has 13 rings (SSSR count). The highest BCUT2D eigenvalue weighted by atomic mass is 15.1. The highest BCUT2D eigenvalue weighted by Crippen LogP contribution is 2.50. The van der Waals surface area contributed by atoms with E-state index in [-0.39, 0.29) is 21.7 Å². The van der Waals surface area contributed by atoms with Gasteiger partial charge in [0, 0.05) is 32.8 Å². The molecule has 2 heteroatoms. The van der Waals surface area contributed by atoms with E-state index in [1.165, 1.54) is 121 Å². The maximum absolute atomic E-state index is 2.57. The first-order chi connectivity index (χ1) is 39.2. The Balaban J connectivity index is 1.06. The van der Waals surface area contributed by atoms with Crippen molar-refractivity contribution in [3.63, 3.8) is 0 Å². The van der Waals surface area contributed by atoms with Gasteiger partial charge in [0.2, 0.25) is 0 Å². The van der Waals surface area contributed by atoms with Crippen molar-refractivity contribution >= 4 is 71.2 Å². The molecule has 82 heavy (non-hydrogen) atoms. The normalized spacial score (nSPS) is 12.6. The molecule has 0 aliphatic rings. The lowest BCUT2D eigenvalue weighted by molar-refractivity contribution is 0.590. The van der Waals surface area contributed by atoms with E-state index >= 15 is 0 Å². The first kappa shape index (κ1) is 52.6. The summed E-state index contributed by atoms with van der Waals surface area (Å²) in [6, 6.07) is 87.6. The van der Waals surface area contributed by atoms with Gasteiger partial charge in [-0.1, -0.05) is 259 Å². The van der Waals surface area contributed by atoms with Crippen LogP contribution in [0.1, 0.15) is 105 Å². The van der Waals surface area contributed by atoms with Gasteiger partial charge in [0.25, 0.3) is 0 Å². The van der Waals surface area contributed by atoms with Gasteiger partial charge in [-0.25, -0.2) is 0 Å². The number of hydrogen-bond acceptors (Lipinski definition) is 1. The standard InChI is InChI=1S/C80H74N2/c1-77(2,3)58-24-18-22-56(46-58)51-28-30-53(31-29-51)65-41-36-61(80(10,11)12)50-74(65)81(62-25-19-23-57(47-62)64-27-17-16-26-63(64)52-20-14-13-15-21-52)70-42-34-54-33-40-67-71(43-35-55-32-39-66(70)75(54)76(55)67)82-72-44-37-59(78(4,5)6)48-68(72)69-49-60(79(7,8)9)38-45-73(69)82/h13-50H,1-12H3. The van der Waals surface area contributed by atoms with Crippen molar-refractivity contribution < 1.29 is 0 Å². The minimum Gasteiger partial charge on any atom is -0.309 e. The molecule has 12 aromatic carbocycles. The van der Waals surface area contributed by atoms with Crippen molar-refractivity contribution in [1.29, 1.82) is 0 Å². The summed E-state index contributed by atoms with van der Waals surface area (Å²) in [5, 5.41) is 10.0. The van der Waals surface area contributed by atoms with Crippen molar-refractivity contribution in [3.05, 3.63) is 253 Å². The smallest absolute Gasteiger partial charge is 0.0543 e. The lowest BCUT2D eigenvalue weighted by Gasteiger charge is -2.32. The predicted molar refractivity (Wildman–Crippen MR) is 356 cm³/mol. The third kappa shape index (κ3) is 9.23. The molecule has 13 aromatic rings. The summed E-state index contributed by atoms with van der Waals surface area (Å²) in [5.74, 6) is 0. The van der Waals surface area contributed by atoms with E-state index in [1.54, 1.807) is 0 Å². The van der Waals surface area contributed by atoms with E-state index in [9.17, 15) is 0 Å². The van der Waals surface area contributed by atoms with Crippen LogP contribution in [0.15, 0.2) is 231 Å². The summed E-state index contributed by atoms with van der Waals surface area (Å²) in [6.07, 6.45) is 0. The predicted octanol–water partition coefficient (Wildman–Crippen LogP) is 23.0. The van der Waals surface area contributed by atoms with Gasteiger partial charge in [0.15, 0.2) is 0 Å². The van der Waals surface area contributed by atoms with Crippen LogP contribution >= 0.6 is 0 Å². The molecule has 0 bridgehead atoms. The Labute approximate surface area is 485 Å². The van der Waals surface area contributed by atoms with Crippen molar-refractivity contribution in [2.45, 2.75) is 105 Å². The van der Waals surface area contributed by atoms with Gasteiger partial charge in [-0.15, -0.1) is 0 Å². The number of benzene rings is 12. The van der Waals surface area contributed by atoms with E-state index in [0.717, 1.165) is 22.6 Å². The average molecular weight is 1060 g/mol. The Bertz CT molecular complexity index is 4510. The van der Waals surface area contributed by atoms with Crippen LogP contribution in [-0.2, 0) is 21.7 Å². The number of anilines is 3. The van der Waals surface area contributed by atoms with E-state index < -0.39 is 0 Å². The topological polar surface area (TPSA) is 8.17 Å². The Hall–Kier alpha value is -8.72. The average Bonchev–Trinajstić information content (AvgIpc) is 3.97. The molecule has 0 atom stereocenters. The molecule has 404 valence electrons. The zero-order valence-electron chi connectivity index (χ0n) is 49.8. The molecule has 0 saturated heterocycles. The quantitative estimate of drug-likeness (QED) is 0.138. The summed E-state index contributed by atoms with van der Waals surface area (Å²) in [4.78, 5) is 2.57. The zero-order chi connectivity index (χ0) is 57.0. The van der Waals surface area contributed by atoms with Crippen LogP contribution in [0.5, 0.6) is 0 Å². The van der Waals surface area contributed by atoms with Crippen molar-refractivity contribution in [2.24, 2.45) is 0 Å². The first-order valence-electron chi connectivity index (χ1n) is 29.4. The molecular weight excluding hydrogens is 989 g/mol. The number of aromatic nitrogens is 1. The lowest BCUT2D eigenvalue weighted by Crippen LogP contribution is -2.16. The number of hydrogen-bond donors (Lipinski definition) is 0. The Morgan fingerprint density at radius 2 is 0.756 bits per heavy atom. The monoisotopic (exact) mass is 1060 g/mol. The molecule has 0 saturated carbocycles. The van der Waals surface area contributed by atoms with Crippen molar-refractivity contribution in [2.75, 3.05) is 4.90 Å². The highest BCUT2D eigenvalue weighted by Gasteiger charge is 2.27. The van der Waals surface area contributed by atoms with Crippen LogP contribution in [0.4, 0.5) is 17.1 Å². The van der Waals surface area contributed by atoms with Crippen LogP contribution in [0.25, 0.3) is 104 Å². The zero-order valence-corrected chi connectivity index (χ0v) is 49.8. The minimum absolute atomic E-state index is 0.00931. The Morgan fingerprint density at radius 1 is 0.280 bits per heavy atom. The molecule has 0 fully saturated rings. The fraction of sp³-hybridized carbons (Fsp3) is 0.200. The Morgan fingerprint density at radius 3 is 1.39 bits per heavy atom. The van der Waals surface area contributed by atoms with E-state index in [0.29, 0.717) is 0 Å². The largest absolute Gasteiger partial charge is 0.309 e. The van der Waals surface area contributed by atoms with E-state index in [4.69, 9.17) is 0 Å². The van der Waals surface area contributed by atoms with Gasteiger partial charge in [-0.3, -0.25) is 0 Å². The van der Waals surface area contributed by atoms with Gasteiger partial charge in [0.05, 0.1) is 28.1 Å². The SMILES string of the molecule is CC(C)(C)c1cccc(-c2ccc(-c3ccc(C(C)(C)C)cc3N(c3cccc(-c4ccccc4-c4ccccc4)c3)c3ccc4ccc5c(-n6c7ccc(C(C)(C)C)cc7c7cc(C(C)(C)C)ccc76)ccc6ccc3c4c65)cc2)c1. The fourth-order valence-electron chi connectivity index (χ4n) is 12.6. The Kier molecular flexibility index (Phi) is 12.5. The molecule has 0 aliphatic carbocycles. The number of rotatable bonds is 8. The fourth-order valence-corrected chi connectivity index (χ4v) is 12.6.